The summed E-state index contributed by atoms with van der Waals surface area (Å²) in [7, 11) is 0. The first-order chi connectivity index (χ1) is 11.7. The molecule has 3 heterocycles. The fraction of sp³-hybridized carbons (Fsp3) is 0.556. The topological polar surface area (TPSA) is 60.6 Å². The first-order valence-electron chi connectivity index (χ1n) is 8.58. The highest BCUT2D eigenvalue weighted by atomic mass is 16.7. The van der Waals surface area contributed by atoms with E-state index in [4.69, 9.17) is 13.9 Å². The van der Waals surface area contributed by atoms with Gasteiger partial charge in [0, 0.05) is 31.5 Å². The van der Waals surface area contributed by atoms with Crippen molar-refractivity contribution in [2.75, 3.05) is 26.3 Å². The van der Waals surface area contributed by atoms with E-state index < -0.39 is 0 Å². The number of rotatable bonds is 3. The highest BCUT2D eigenvalue weighted by Crippen LogP contribution is 2.34. The van der Waals surface area contributed by atoms with E-state index in [0.717, 1.165) is 31.5 Å². The Morgan fingerprint density at radius 1 is 1.04 bits per heavy atom. The number of nitrogens with zero attached hydrogens (tertiary/aromatic N) is 3. The minimum Gasteiger partial charge on any atom is -0.419 e. The average Bonchev–Trinajstić information content (AvgIpc) is 3.26. The Morgan fingerprint density at radius 2 is 1.71 bits per heavy atom. The van der Waals surface area contributed by atoms with Crippen molar-refractivity contribution >= 4 is 0 Å². The summed E-state index contributed by atoms with van der Waals surface area (Å²) >= 11 is 0. The van der Waals surface area contributed by atoms with E-state index >= 15 is 0 Å². The van der Waals surface area contributed by atoms with Crippen molar-refractivity contribution < 1.29 is 13.9 Å². The summed E-state index contributed by atoms with van der Waals surface area (Å²) in [6.45, 7) is 7.40. The second-order valence-corrected chi connectivity index (χ2v) is 6.63. The molecule has 128 valence electrons. The Labute approximate surface area is 141 Å². The Kier molecular flexibility index (Phi) is 4.12. The van der Waals surface area contributed by atoms with E-state index in [2.05, 4.69) is 28.9 Å². The smallest absolute Gasteiger partial charge is 0.247 e. The van der Waals surface area contributed by atoms with Gasteiger partial charge < -0.3 is 13.9 Å². The Hall–Kier alpha value is -1.76. The third kappa shape index (κ3) is 2.97. The van der Waals surface area contributed by atoms with Crippen LogP contribution in [0.4, 0.5) is 0 Å². The van der Waals surface area contributed by atoms with Gasteiger partial charge in [-0.05, 0) is 26.0 Å². The molecule has 0 N–H and O–H groups in total. The fourth-order valence-corrected chi connectivity index (χ4v) is 3.41. The van der Waals surface area contributed by atoms with Gasteiger partial charge in [-0.3, -0.25) is 4.90 Å². The van der Waals surface area contributed by atoms with Crippen LogP contribution in [0.15, 0.2) is 28.7 Å². The normalized spacial score (nSPS) is 22.1. The van der Waals surface area contributed by atoms with E-state index in [0.29, 0.717) is 25.0 Å². The molecule has 0 radical (unpaired) electrons. The zero-order valence-electron chi connectivity index (χ0n) is 14.2. The van der Waals surface area contributed by atoms with Crippen molar-refractivity contribution in [1.29, 1.82) is 0 Å². The van der Waals surface area contributed by atoms with Crippen LogP contribution in [-0.2, 0) is 9.47 Å². The van der Waals surface area contributed by atoms with Crippen LogP contribution >= 0.6 is 0 Å². The lowest BCUT2D eigenvalue weighted by Crippen LogP contribution is -2.45. The van der Waals surface area contributed by atoms with Crippen molar-refractivity contribution in [1.82, 2.24) is 15.1 Å². The number of aromatic nitrogens is 2. The number of piperidine rings is 1. The quantitative estimate of drug-likeness (QED) is 0.863. The zero-order chi connectivity index (χ0) is 16.6. The Morgan fingerprint density at radius 3 is 2.38 bits per heavy atom. The van der Waals surface area contributed by atoms with Gasteiger partial charge in [-0.1, -0.05) is 17.7 Å². The standard InChI is InChI=1S/C18H23N3O3/c1-13-3-5-15(6-4-13)17-20-19-16(24-17)14(2)21-9-7-18(8-10-21)22-11-12-23-18/h3-6,14H,7-12H2,1-2H3. The highest BCUT2D eigenvalue weighted by molar-refractivity contribution is 5.52. The van der Waals surface area contributed by atoms with E-state index in [1.165, 1.54) is 5.56 Å². The molecule has 6 heteroatoms. The predicted molar refractivity (Wildman–Crippen MR) is 88.3 cm³/mol. The molecule has 2 aromatic rings. The molecule has 0 saturated carbocycles. The molecule has 6 nitrogen and oxygen atoms in total. The Bertz CT molecular complexity index is 682. The molecule has 2 fully saturated rings. The third-order valence-electron chi connectivity index (χ3n) is 5.02. The number of likely N-dealkylation sites (tertiary alicyclic amines) is 1. The zero-order valence-corrected chi connectivity index (χ0v) is 14.2. The van der Waals surface area contributed by atoms with Crippen molar-refractivity contribution in [2.24, 2.45) is 0 Å². The Balaban J connectivity index is 1.43. The van der Waals surface area contributed by atoms with Crippen molar-refractivity contribution in [3.63, 3.8) is 0 Å². The van der Waals surface area contributed by atoms with Crippen LogP contribution in [0.1, 0.15) is 37.3 Å². The van der Waals surface area contributed by atoms with Crippen LogP contribution in [0.25, 0.3) is 11.5 Å². The molecule has 0 bridgehead atoms. The number of hydrogen-bond acceptors (Lipinski definition) is 6. The average molecular weight is 329 g/mol. The van der Waals surface area contributed by atoms with Crippen molar-refractivity contribution in [2.45, 2.75) is 38.5 Å². The number of benzene rings is 1. The fourth-order valence-electron chi connectivity index (χ4n) is 3.41. The lowest BCUT2D eigenvalue weighted by Gasteiger charge is -2.39. The summed E-state index contributed by atoms with van der Waals surface area (Å²) in [5, 5.41) is 8.47. The van der Waals surface area contributed by atoms with Gasteiger partial charge in [0.15, 0.2) is 5.79 Å². The van der Waals surface area contributed by atoms with Crippen LogP contribution in [-0.4, -0.2) is 47.2 Å². The molecular formula is C18H23N3O3. The molecule has 1 aromatic heterocycles. The lowest BCUT2D eigenvalue weighted by molar-refractivity contribution is -0.188. The number of aryl methyl sites for hydroxylation is 1. The monoisotopic (exact) mass is 329 g/mol. The van der Waals surface area contributed by atoms with Crippen LogP contribution in [0.3, 0.4) is 0 Å². The van der Waals surface area contributed by atoms with Gasteiger partial charge in [-0.15, -0.1) is 10.2 Å². The summed E-state index contributed by atoms with van der Waals surface area (Å²) in [6.07, 6.45) is 1.77. The molecule has 1 spiro atoms. The molecule has 0 aliphatic carbocycles. The van der Waals surface area contributed by atoms with Gasteiger partial charge in [-0.25, -0.2) is 0 Å². The third-order valence-corrected chi connectivity index (χ3v) is 5.02. The summed E-state index contributed by atoms with van der Waals surface area (Å²) < 4.78 is 17.5. The van der Waals surface area contributed by atoms with Gasteiger partial charge in [0.25, 0.3) is 0 Å². The molecule has 1 atom stereocenters. The van der Waals surface area contributed by atoms with E-state index in [1.54, 1.807) is 0 Å². The highest BCUT2D eigenvalue weighted by Gasteiger charge is 2.41. The largest absolute Gasteiger partial charge is 0.419 e. The molecule has 0 amide bonds. The van der Waals surface area contributed by atoms with Crippen LogP contribution < -0.4 is 0 Å². The number of hydrogen-bond donors (Lipinski definition) is 0. The minimum absolute atomic E-state index is 0.0930. The molecule has 1 unspecified atom stereocenters. The number of ether oxygens (including phenoxy) is 2. The first kappa shape index (κ1) is 15.7. The van der Waals surface area contributed by atoms with Gasteiger partial charge in [0.05, 0.1) is 19.3 Å². The van der Waals surface area contributed by atoms with Gasteiger partial charge in [0.2, 0.25) is 11.8 Å². The molecular weight excluding hydrogens is 306 g/mol. The van der Waals surface area contributed by atoms with Gasteiger partial charge in [0.1, 0.15) is 0 Å². The first-order valence-corrected chi connectivity index (χ1v) is 8.58. The van der Waals surface area contributed by atoms with Crippen LogP contribution in [0.2, 0.25) is 0 Å². The SMILES string of the molecule is Cc1ccc(-c2nnc(C(C)N3CCC4(CC3)OCCO4)o2)cc1. The molecule has 4 rings (SSSR count). The molecule has 2 aliphatic rings. The second-order valence-electron chi connectivity index (χ2n) is 6.63. The van der Waals surface area contributed by atoms with Crippen molar-refractivity contribution in [3.05, 3.63) is 35.7 Å². The second kappa shape index (κ2) is 6.27. The summed E-state index contributed by atoms with van der Waals surface area (Å²) in [5.41, 5.74) is 2.17. The summed E-state index contributed by atoms with van der Waals surface area (Å²) in [4.78, 5) is 2.35. The molecule has 24 heavy (non-hydrogen) atoms. The maximum absolute atomic E-state index is 5.92. The maximum Gasteiger partial charge on any atom is 0.247 e. The van der Waals surface area contributed by atoms with E-state index in [1.807, 2.05) is 24.3 Å². The van der Waals surface area contributed by atoms with Gasteiger partial charge in [-0.2, -0.15) is 0 Å². The maximum atomic E-state index is 5.92. The van der Waals surface area contributed by atoms with Gasteiger partial charge >= 0.3 is 0 Å². The van der Waals surface area contributed by atoms with Crippen LogP contribution in [0.5, 0.6) is 0 Å². The van der Waals surface area contributed by atoms with E-state index in [9.17, 15) is 0 Å². The minimum atomic E-state index is -0.349. The lowest BCUT2D eigenvalue weighted by atomic mass is 10.0. The summed E-state index contributed by atoms with van der Waals surface area (Å²) in [6, 6.07) is 8.21. The predicted octanol–water partition coefficient (Wildman–Crippen LogP) is 2.94. The van der Waals surface area contributed by atoms with E-state index in [-0.39, 0.29) is 11.8 Å². The summed E-state index contributed by atoms with van der Waals surface area (Å²) in [5.74, 6) is 0.889. The van der Waals surface area contributed by atoms with Crippen LogP contribution in [0, 0.1) is 6.92 Å². The molecule has 2 saturated heterocycles. The molecule has 2 aliphatic heterocycles. The van der Waals surface area contributed by atoms with Crippen molar-refractivity contribution in [3.8, 4) is 11.5 Å². The molecule has 1 aromatic carbocycles.